The van der Waals surface area contributed by atoms with E-state index in [-0.39, 0.29) is 11.4 Å². The smallest absolute Gasteiger partial charge is 0.238 e. The number of benzene rings is 2. The first kappa shape index (κ1) is 26.1. The van der Waals surface area contributed by atoms with Crippen LogP contribution >= 0.6 is 15.9 Å². The summed E-state index contributed by atoms with van der Waals surface area (Å²) in [6.07, 6.45) is 3.92. The van der Waals surface area contributed by atoms with Crippen LogP contribution in [-0.2, 0) is 16.6 Å². The van der Waals surface area contributed by atoms with Gasteiger partial charge in [0, 0.05) is 24.8 Å². The fourth-order valence-corrected chi connectivity index (χ4v) is 5.14. The molecule has 4 rings (SSSR count). The lowest BCUT2D eigenvalue weighted by Crippen LogP contribution is -2.30. The van der Waals surface area contributed by atoms with Crippen LogP contribution in [0.25, 0.3) is 0 Å². The van der Waals surface area contributed by atoms with E-state index in [0.29, 0.717) is 51.6 Å². The number of likely N-dealkylation sites (tertiary alicyclic amines) is 1. The minimum Gasteiger partial charge on any atom is -0.495 e. The first-order valence-electron chi connectivity index (χ1n) is 11.4. The van der Waals surface area contributed by atoms with Gasteiger partial charge in [0.2, 0.25) is 16.0 Å². The van der Waals surface area contributed by atoms with Crippen LogP contribution in [-0.4, -0.2) is 56.6 Å². The molecule has 1 saturated heterocycles. The van der Waals surface area contributed by atoms with E-state index in [1.807, 2.05) is 18.2 Å². The number of nitrogens with one attached hydrogen (secondary N) is 2. The average molecular weight is 578 g/mol. The Labute approximate surface area is 219 Å². The van der Waals surface area contributed by atoms with E-state index >= 15 is 0 Å². The Balaban J connectivity index is 1.49. The van der Waals surface area contributed by atoms with E-state index in [1.54, 1.807) is 31.5 Å². The van der Waals surface area contributed by atoms with Crippen LogP contribution in [0.2, 0.25) is 0 Å². The molecular formula is C24H29BrN6O4S. The predicted octanol–water partition coefficient (Wildman–Crippen LogP) is 3.72. The molecule has 36 heavy (non-hydrogen) atoms. The van der Waals surface area contributed by atoms with Gasteiger partial charge in [-0.1, -0.05) is 18.2 Å². The Kier molecular flexibility index (Phi) is 8.29. The van der Waals surface area contributed by atoms with Crippen molar-refractivity contribution in [1.82, 2.24) is 14.9 Å². The van der Waals surface area contributed by atoms with Crippen LogP contribution in [0.3, 0.4) is 0 Å². The number of hydrogen-bond donors (Lipinski definition) is 3. The van der Waals surface area contributed by atoms with E-state index in [1.165, 1.54) is 12.5 Å². The number of nitrogens with two attached hydrogens (primary N) is 1. The Morgan fingerprint density at radius 2 is 2.06 bits per heavy atom. The molecule has 12 heteroatoms. The van der Waals surface area contributed by atoms with Gasteiger partial charge in [-0.2, -0.15) is 4.98 Å². The molecule has 4 N–H and O–H groups in total. The van der Waals surface area contributed by atoms with Crippen molar-refractivity contribution in [1.29, 1.82) is 0 Å². The highest BCUT2D eigenvalue weighted by Gasteiger charge is 2.21. The molecule has 2 heterocycles. The van der Waals surface area contributed by atoms with Crippen molar-refractivity contribution in [2.75, 3.05) is 37.9 Å². The van der Waals surface area contributed by atoms with Crippen LogP contribution < -0.4 is 25.2 Å². The zero-order chi connectivity index (χ0) is 25.7. The van der Waals surface area contributed by atoms with Gasteiger partial charge in [-0.15, -0.1) is 0 Å². The standard InChI is InChI=1S/C24H29BrN6O4S/c1-31-11-5-7-17(31)15-35-18-9-10-21(34-2)20(12-18)29-24-28-14-19(25)23(30-24)27-13-16-6-3-4-8-22(16)36(26,32)33/h3-4,6,8-10,12,14,17H,5,7,11,13,15H2,1-2H3,(H2,26,32,33)(H2,27,28,29,30). The summed E-state index contributed by atoms with van der Waals surface area (Å²) in [5.74, 6) is 2.14. The van der Waals surface area contributed by atoms with Crippen molar-refractivity contribution >= 4 is 43.4 Å². The van der Waals surface area contributed by atoms with Gasteiger partial charge in [0.15, 0.2) is 0 Å². The summed E-state index contributed by atoms with van der Waals surface area (Å²) in [6, 6.07) is 12.5. The fraction of sp³-hybridized carbons (Fsp3) is 0.333. The second-order valence-corrected chi connectivity index (χ2v) is 10.9. The highest BCUT2D eigenvalue weighted by Crippen LogP contribution is 2.32. The van der Waals surface area contributed by atoms with E-state index in [9.17, 15) is 8.42 Å². The molecule has 192 valence electrons. The summed E-state index contributed by atoms with van der Waals surface area (Å²) < 4.78 is 36.0. The van der Waals surface area contributed by atoms with Crippen LogP contribution in [0.5, 0.6) is 11.5 Å². The third-order valence-electron chi connectivity index (χ3n) is 6.00. The molecule has 1 unspecified atom stereocenters. The van der Waals surface area contributed by atoms with Crippen LogP contribution in [0.15, 0.2) is 58.0 Å². The number of nitrogens with zero attached hydrogens (tertiary/aromatic N) is 3. The normalized spacial score (nSPS) is 16.1. The number of ether oxygens (including phenoxy) is 2. The number of methoxy groups -OCH3 is 1. The maximum atomic E-state index is 11.9. The van der Waals surface area contributed by atoms with Crippen molar-refractivity contribution < 1.29 is 17.9 Å². The molecule has 1 aliphatic heterocycles. The minimum absolute atomic E-state index is 0.0615. The zero-order valence-electron chi connectivity index (χ0n) is 20.1. The number of primary sulfonamides is 1. The van der Waals surface area contributed by atoms with E-state index in [2.05, 4.69) is 48.5 Å². The number of sulfonamides is 1. The molecule has 2 aromatic carbocycles. The van der Waals surface area contributed by atoms with Crippen molar-refractivity contribution in [3.8, 4) is 11.5 Å². The number of halogens is 1. The number of hydrogen-bond acceptors (Lipinski definition) is 9. The molecule has 1 atom stereocenters. The molecule has 10 nitrogen and oxygen atoms in total. The minimum atomic E-state index is -3.85. The molecule has 0 saturated carbocycles. The summed E-state index contributed by atoms with van der Waals surface area (Å²) in [4.78, 5) is 11.3. The van der Waals surface area contributed by atoms with E-state index in [4.69, 9.17) is 14.6 Å². The Morgan fingerprint density at radius 3 is 2.78 bits per heavy atom. The van der Waals surface area contributed by atoms with Crippen molar-refractivity contribution in [2.45, 2.75) is 30.3 Å². The van der Waals surface area contributed by atoms with Gasteiger partial charge in [-0.05, 0) is 66.1 Å². The van der Waals surface area contributed by atoms with Gasteiger partial charge in [-0.25, -0.2) is 18.5 Å². The monoisotopic (exact) mass is 576 g/mol. The summed E-state index contributed by atoms with van der Waals surface area (Å²) in [7, 11) is -0.140. The lowest BCUT2D eigenvalue weighted by atomic mass is 10.2. The molecule has 0 amide bonds. The second-order valence-electron chi connectivity index (χ2n) is 8.47. The van der Waals surface area contributed by atoms with E-state index < -0.39 is 10.0 Å². The zero-order valence-corrected chi connectivity index (χ0v) is 22.5. The highest BCUT2D eigenvalue weighted by molar-refractivity contribution is 9.10. The lowest BCUT2D eigenvalue weighted by molar-refractivity contribution is 0.198. The molecule has 0 aliphatic carbocycles. The molecule has 1 aromatic heterocycles. The van der Waals surface area contributed by atoms with Crippen LogP contribution in [0.1, 0.15) is 18.4 Å². The molecular weight excluding hydrogens is 548 g/mol. The Hall–Kier alpha value is -2.93. The Morgan fingerprint density at radius 1 is 1.25 bits per heavy atom. The van der Waals surface area contributed by atoms with Crippen molar-refractivity contribution in [3.63, 3.8) is 0 Å². The van der Waals surface area contributed by atoms with Gasteiger partial charge in [0.05, 0.1) is 22.2 Å². The average Bonchev–Trinajstić information content (AvgIpc) is 3.27. The maximum Gasteiger partial charge on any atom is 0.238 e. The summed E-state index contributed by atoms with van der Waals surface area (Å²) in [5.41, 5.74) is 1.18. The third kappa shape index (κ3) is 6.44. The van der Waals surface area contributed by atoms with Gasteiger partial charge in [0.25, 0.3) is 0 Å². The van der Waals surface area contributed by atoms with Crippen molar-refractivity contribution in [3.05, 3.63) is 58.7 Å². The maximum absolute atomic E-state index is 11.9. The lowest BCUT2D eigenvalue weighted by Gasteiger charge is -2.20. The fourth-order valence-electron chi connectivity index (χ4n) is 4.03. The van der Waals surface area contributed by atoms with Crippen molar-refractivity contribution in [2.24, 2.45) is 5.14 Å². The van der Waals surface area contributed by atoms with Gasteiger partial charge < -0.3 is 25.0 Å². The van der Waals surface area contributed by atoms with Gasteiger partial charge >= 0.3 is 0 Å². The largest absolute Gasteiger partial charge is 0.495 e. The SMILES string of the molecule is COc1ccc(OCC2CCCN2C)cc1Nc1ncc(Br)c(NCc2ccccc2S(N)(=O)=O)n1. The quantitative estimate of drug-likeness (QED) is 0.330. The number of anilines is 3. The molecule has 3 aromatic rings. The Bertz CT molecular complexity index is 1320. The van der Waals surface area contributed by atoms with Crippen LogP contribution in [0.4, 0.5) is 17.5 Å². The van der Waals surface area contributed by atoms with Gasteiger partial charge in [0.1, 0.15) is 23.9 Å². The van der Waals surface area contributed by atoms with Crippen LogP contribution in [0, 0.1) is 0 Å². The summed E-state index contributed by atoms with van der Waals surface area (Å²) in [5, 5.41) is 11.7. The second kappa shape index (κ2) is 11.4. The molecule has 0 radical (unpaired) electrons. The molecule has 1 fully saturated rings. The molecule has 0 spiro atoms. The number of likely N-dealkylation sites (N-methyl/N-ethyl adjacent to an activating group) is 1. The van der Waals surface area contributed by atoms with Gasteiger partial charge in [-0.3, -0.25) is 0 Å². The highest BCUT2D eigenvalue weighted by atomic mass is 79.9. The number of aromatic nitrogens is 2. The first-order valence-corrected chi connectivity index (χ1v) is 13.7. The molecule has 1 aliphatic rings. The third-order valence-corrected chi connectivity index (χ3v) is 7.59. The predicted molar refractivity (Wildman–Crippen MR) is 142 cm³/mol. The first-order chi connectivity index (χ1) is 17.2. The number of rotatable bonds is 10. The topological polar surface area (TPSA) is 132 Å². The summed E-state index contributed by atoms with van der Waals surface area (Å²) >= 11 is 3.44. The summed E-state index contributed by atoms with van der Waals surface area (Å²) in [6.45, 7) is 1.91. The molecule has 0 bridgehead atoms. The van der Waals surface area contributed by atoms with E-state index in [0.717, 1.165) is 13.0 Å².